The Morgan fingerprint density at radius 2 is 1.62 bits per heavy atom. The molecule has 0 N–H and O–H groups in total. The van der Waals surface area contributed by atoms with Crippen molar-refractivity contribution in [3.63, 3.8) is 0 Å². The second-order valence-electron chi connectivity index (χ2n) is 6.10. The van der Waals surface area contributed by atoms with Crippen molar-refractivity contribution >= 4 is 9.84 Å². The molecule has 0 saturated heterocycles. The van der Waals surface area contributed by atoms with Gasteiger partial charge >= 0.3 is 0 Å². The van der Waals surface area contributed by atoms with E-state index < -0.39 is 9.84 Å². The van der Waals surface area contributed by atoms with Gasteiger partial charge in [-0.3, -0.25) is 4.90 Å². The van der Waals surface area contributed by atoms with Crippen molar-refractivity contribution in [2.75, 3.05) is 27.0 Å². The molecule has 0 bridgehead atoms. The highest BCUT2D eigenvalue weighted by Crippen LogP contribution is 2.21. The maximum absolute atomic E-state index is 11.5. The Bertz CT molecular complexity index is 752. The second-order valence-corrected chi connectivity index (χ2v) is 8.11. The predicted octanol–water partition coefficient (Wildman–Crippen LogP) is 3.33. The van der Waals surface area contributed by atoms with Gasteiger partial charge in [0.25, 0.3) is 0 Å². The molecule has 4 nitrogen and oxygen atoms in total. The third-order valence-corrected chi connectivity index (χ3v) is 5.49. The van der Waals surface area contributed by atoms with Crippen molar-refractivity contribution in [1.29, 1.82) is 0 Å². The molecule has 0 aliphatic carbocycles. The first kappa shape index (κ1) is 18.5. The predicted molar refractivity (Wildman–Crippen MR) is 97.3 cm³/mol. The van der Waals surface area contributed by atoms with E-state index in [9.17, 15) is 8.42 Å². The van der Waals surface area contributed by atoms with E-state index in [0.29, 0.717) is 4.90 Å². The summed E-state index contributed by atoms with van der Waals surface area (Å²) in [5.74, 6) is 0.867. The van der Waals surface area contributed by atoms with Gasteiger partial charge in [0.05, 0.1) is 12.0 Å². The fourth-order valence-corrected chi connectivity index (χ4v) is 3.17. The molecule has 0 fully saturated rings. The largest absolute Gasteiger partial charge is 0.497 e. The molecule has 0 heterocycles. The summed E-state index contributed by atoms with van der Waals surface area (Å²) in [5.41, 5.74) is 2.38. The van der Waals surface area contributed by atoms with Crippen LogP contribution in [0.3, 0.4) is 0 Å². The van der Waals surface area contributed by atoms with Gasteiger partial charge in [-0.1, -0.05) is 24.3 Å². The molecular formula is C19H25NO3S. The second kappa shape index (κ2) is 7.81. The van der Waals surface area contributed by atoms with Crippen molar-refractivity contribution in [3.8, 4) is 5.75 Å². The van der Waals surface area contributed by atoms with E-state index in [4.69, 9.17) is 4.74 Å². The fraction of sp³-hybridized carbons (Fsp3) is 0.368. The van der Waals surface area contributed by atoms with E-state index in [1.54, 1.807) is 19.2 Å². The molecule has 0 aliphatic rings. The number of ether oxygens (including phenoxy) is 1. The average Bonchev–Trinajstić information content (AvgIpc) is 2.58. The van der Waals surface area contributed by atoms with Gasteiger partial charge in [0.2, 0.25) is 0 Å². The van der Waals surface area contributed by atoms with Crippen LogP contribution in [-0.2, 0) is 16.3 Å². The first-order valence-electron chi connectivity index (χ1n) is 7.94. The van der Waals surface area contributed by atoms with Crippen LogP contribution in [0.25, 0.3) is 0 Å². The monoisotopic (exact) mass is 347 g/mol. The van der Waals surface area contributed by atoms with Crippen molar-refractivity contribution in [1.82, 2.24) is 4.90 Å². The van der Waals surface area contributed by atoms with E-state index in [-0.39, 0.29) is 6.04 Å². The highest BCUT2D eigenvalue weighted by molar-refractivity contribution is 7.90. The van der Waals surface area contributed by atoms with E-state index >= 15 is 0 Å². The number of methoxy groups -OCH3 is 1. The lowest BCUT2D eigenvalue weighted by Gasteiger charge is -2.25. The molecule has 0 spiro atoms. The molecule has 0 saturated carbocycles. The fourth-order valence-electron chi connectivity index (χ4n) is 2.54. The van der Waals surface area contributed by atoms with Gasteiger partial charge in [-0.05, 0) is 55.8 Å². The van der Waals surface area contributed by atoms with Gasteiger partial charge in [0.1, 0.15) is 5.75 Å². The van der Waals surface area contributed by atoms with Gasteiger partial charge in [-0.25, -0.2) is 8.42 Å². The molecule has 130 valence electrons. The van der Waals surface area contributed by atoms with Gasteiger partial charge in [-0.15, -0.1) is 0 Å². The summed E-state index contributed by atoms with van der Waals surface area (Å²) in [4.78, 5) is 2.62. The van der Waals surface area contributed by atoms with Crippen LogP contribution in [0.15, 0.2) is 53.4 Å². The summed E-state index contributed by atoms with van der Waals surface area (Å²) in [6.45, 7) is 3.05. The van der Waals surface area contributed by atoms with Crippen LogP contribution < -0.4 is 4.74 Å². The SMILES string of the molecule is COc1ccc(CCN(C)C(C)c2ccc(S(C)(=O)=O)cc2)cc1. The van der Waals surface area contributed by atoms with Crippen molar-refractivity contribution in [2.45, 2.75) is 24.3 Å². The summed E-state index contributed by atoms with van der Waals surface area (Å²) >= 11 is 0. The van der Waals surface area contributed by atoms with Crippen LogP contribution in [0.4, 0.5) is 0 Å². The van der Waals surface area contributed by atoms with E-state index in [2.05, 4.69) is 31.0 Å². The number of nitrogens with zero attached hydrogens (tertiary/aromatic N) is 1. The topological polar surface area (TPSA) is 46.6 Å². The lowest BCUT2D eigenvalue weighted by atomic mass is 10.1. The molecular weight excluding hydrogens is 322 g/mol. The summed E-state index contributed by atoms with van der Waals surface area (Å²) < 4.78 is 28.2. The molecule has 5 heteroatoms. The van der Waals surface area contributed by atoms with Crippen molar-refractivity contribution in [3.05, 3.63) is 59.7 Å². The van der Waals surface area contributed by atoms with Gasteiger partial charge in [0.15, 0.2) is 9.84 Å². The molecule has 1 unspecified atom stereocenters. The molecule has 2 rings (SSSR count). The molecule has 0 amide bonds. The quantitative estimate of drug-likeness (QED) is 0.771. The van der Waals surface area contributed by atoms with Crippen LogP contribution in [0.5, 0.6) is 5.75 Å². The molecule has 0 radical (unpaired) electrons. The number of likely N-dealkylation sites (N-methyl/N-ethyl adjacent to an activating group) is 1. The van der Waals surface area contributed by atoms with Gasteiger partial charge in [-0.2, -0.15) is 0 Å². The Hall–Kier alpha value is -1.85. The minimum absolute atomic E-state index is 0.219. The van der Waals surface area contributed by atoms with Crippen LogP contribution >= 0.6 is 0 Å². The highest BCUT2D eigenvalue weighted by atomic mass is 32.2. The highest BCUT2D eigenvalue weighted by Gasteiger charge is 2.13. The zero-order valence-electron chi connectivity index (χ0n) is 14.7. The lowest BCUT2D eigenvalue weighted by Crippen LogP contribution is -2.24. The Kier molecular flexibility index (Phi) is 6.02. The minimum Gasteiger partial charge on any atom is -0.497 e. The zero-order valence-corrected chi connectivity index (χ0v) is 15.5. The lowest BCUT2D eigenvalue weighted by molar-refractivity contribution is 0.265. The maximum Gasteiger partial charge on any atom is 0.175 e. The number of hydrogen-bond acceptors (Lipinski definition) is 4. The summed E-state index contributed by atoms with van der Waals surface area (Å²) in [5, 5.41) is 0. The molecule has 1 atom stereocenters. The van der Waals surface area contributed by atoms with Crippen LogP contribution in [0, 0.1) is 0 Å². The Morgan fingerprint density at radius 1 is 1.04 bits per heavy atom. The van der Waals surface area contributed by atoms with Crippen molar-refractivity contribution in [2.24, 2.45) is 0 Å². The maximum atomic E-state index is 11.5. The zero-order chi connectivity index (χ0) is 17.7. The first-order valence-corrected chi connectivity index (χ1v) is 9.83. The van der Waals surface area contributed by atoms with Crippen LogP contribution in [0.1, 0.15) is 24.1 Å². The van der Waals surface area contributed by atoms with Crippen molar-refractivity contribution < 1.29 is 13.2 Å². The van der Waals surface area contributed by atoms with E-state index in [0.717, 1.165) is 24.3 Å². The number of benzene rings is 2. The molecule has 2 aromatic rings. The summed E-state index contributed by atoms with van der Waals surface area (Å²) in [7, 11) is 0.607. The Morgan fingerprint density at radius 3 is 2.12 bits per heavy atom. The normalized spacial score (nSPS) is 13.0. The molecule has 0 aliphatic heterocycles. The van der Waals surface area contributed by atoms with Gasteiger partial charge < -0.3 is 4.74 Å². The standard InChI is InChI=1S/C19H25NO3S/c1-15(17-7-11-19(12-8-17)24(4,21)22)20(2)14-13-16-5-9-18(23-3)10-6-16/h5-12,15H,13-14H2,1-4H3. The van der Waals surface area contributed by atoms with Crippen LogP contribution in [0.2, 0.25) is 0 Å². The number of rotatable bonds is 7. The van der Waals surface area contributed by atoms with Gasteiger partial charge in [0, 0.05) is 18.8 Å². The molecule has 24 heavy (non-hydrogen) atoms. The average molecular weight is 347 g/mol. The Labute approximate surface area is 145 Å². The van der Waals surface area contributed by atoms with E-state index in [1.807, 2.05) is 24.3 Å². The number of sulfone groups is 1. The summed E-state index contributed by atoms with van der Waals surface area (Å²) in [6.07, 6.45) is 2.18. The summed E-state index contributed by atoms with van der Waals surface area (Å²) in [6, 6.07) is 15.5. The third kappa shape index (κ3) is 4.82. The third-order valence-electron chi connectivity index (χ3n) is 4.36. The smallest absolute Gasteiger partial charge is 0.175 e. The Balaban J connectivity index is 1.97. The molecule has 2 aromatic carbocycles. The first-order chi connectivity index (χ1) is 11.3. The molecule has 0 aromatic heterocycles. The number of hydrogen-bond donors (Lipinski definition) is 0. The minimum atomic E-state index is -3.14. The van der Waals surface area contributed by atoms with E-state index in [1.165, 1.54) is 11.8 Å². The van der Waals surface area contributed by atoms with Crippen LogP contribution in [-0.4, -0.2) is 40.3 Å².